The van der Waals surface area contributed by atoms with Crippen LogP contribution in [0.5, 0.6) is 0 Å². The number of nitrogens with zero attached hydrogens (tertiary/aromatic N) is 3. The lowest BCUT2D eigenvalue weighted by Crippen LogP contribution is -2.32. The Morgan fingerprint density at radius 3 is 3.19 bits per heavy atom. The van der Waals surface area contributed by atoms with Gasteiger partial charge in [-0.1, -0.05) is 0 Å². The summed E-state index contributed by atoms with van der Waals surface area (Å²) < 4.78 is 0. The van der Waals surface area contributed by atoms with E-state index in [-0.39, 0.29) is 0 Å². The lowest BCUT2D eigenvalue weighted by Gasteiger charge is -2.24. The van der Waals surface area contributed by atoms with Gasteiger partial charge in [-0.2, -0.15) is 16.7 Å². The van der Waals surface area contributed by atoms with Gasteiger partial charge in [-0.25, -0.2) is 4.98 Å². The lowest BCUT2D eigenvalue weighted by atomic mass is 10.2. The van der Waals surface area contributed by atoms with Gasteiger partial charge in [0.2, 0.25) is 5.95 Å². The van der Waals surface area contributed by atoms with Crippen LogP contribution in [0, 0.1) is 0 Å². The van der Waals surface area contributed by atoms with E-state index in [4.69, 9.17) is 0 Å². The van der Waals surface area contributed by atoms with Crippen LogP contribution in [-0.4, -0.2) is 41.1 Å². The van der Waals surface area contributed by atoms with Crippen molar-refractivity contribution < 1.29 is 0 Å². The summed E-state index contributed by atoms with van der Waals surface area (Å²) in [6.45, 7) is 2.90. The van der Waals surface area contributed by atoms with Crippen LogP contribution in [-0.2, 0) is 0 Å². The van der Waals surface area contributed by atoms with Gasteiger partial charge in [-0.05, 0) is 25.2 Å². The third-order valence-electron chi connectivity index (χ3n) is 2.79. The summed E-state index contributed by atoms with van der Waals surface area (Å²) in [6.07, 6.45) is 3.07. The SMILES string of the molecule is CCNc1nccc(N(C)C2CCSC2)n1. The van der Waals surface area contributed by atoms with E-state index in [1.54, 1.807) is 0 Å². The van der Waals surface area contributed by atoms with E-state index in [0.717, 1.165) is 18.3 Å². The predicted octanol–water partition coefficient (Wildman–Crippen LogP) is 1.85. The summed E-state index contributed by atoms with van der Waals surface area (Å²) in [7, 11) is 2.12. The smallest absolute Gasteiger partial charge is 0.224 e. The highest BCUT2D eigenvalue weighted by Crippen LogP contribution is 2.24. The van der Waals surface area contributed by atoms with Gasteiger partial charge in [0.25, 0.3) is 0 Å². The zero-order chi connectivity index (χ0) is 11.4. The maximum absolute atomic E-state index is 4.50. The number of hydrogen-bond donors (Lipinski definition) is 1. The Balaban J connectivity index is 2.09. The molecule has 0 bridgehead atoms. The Hall–Kier alpha value is -0.970. The van der Waals surface area contributed by atoms with Gasteiger partial charge in [-0.15, -0.1) is 0 Å². The Morgan fingerprint density at radius 2 is 2.50 bits per heavy atom. The molecule has 1 saturated heterocycles. The minimum atomic E-state index is 0.620. The van der Waals surface area contributed by atoms with Crippen LogP contribution in [0.4, 0.5) is 11.8 Å². The van der Waals surface area contributed by atoms with Crippen LogP contribution in [0.25, 0.3) is 0 Å². The molecule has 1 aromatic rings. The van der Waals surface area contributed by atoms with E-state index in [2.05, 4.69) is 27.2 Å². The Bertz CT molecular complexity index is 339. The first kappa shape index (κ1) is 11.5. The molecule has 2 heterocycles. The maximum Gasteiger partial charge on any atom is 0.224 e. The molecule has 5 heteroatoms. The van der Waals surface area contributed by atoms with E-state index >= 15 is 0 Å². The van der Waals surface area contributed by atoms with Crippen LogP contribution in [0.1, 0.15) is 13.3 Å². The molecule has 1 aliphatic heterocycles. The van der Waals surface area contributed by atoms with Crippen molar-refractivity contribution in [3.63, 3.8) is 0 Å². The van der Waals surface area contributed by atoms with Gasteiger partial charge in [0.1, 0.15) is 5.82 Å². The Kier molecular flexibility index (Phi) is 3.88. The Morgan fingerprint density at radius 1 is 1.62 bits per heavy atom. The molecule has 0 amide bonds. The minimum absolute atomic E-state index is 0.620. The van der Waals surface area contributed by atoms with E-state index in [9.17, 15) is 0 Å². The molecular weight excluding hydrogens is 220 g/mol. The number of aromatic nitrogens is 2. The summed E-state index contributed by atoms with van der Waals surface area (Å²) in [5, 5.41) is 3.14. The predicted molar refractivity (Wildman–Crippen MR) is 70.3 cm³/mol. The van der Waals surface area contributed by atoms with Crippen LogP contribution >= 0.6 is 11.8 Å². The van der Waals surface area contributed by atoms with Gasteiger partial charge < -0.3 is 10.2 Å². The molecule has 0 spiro atoms. The maximum atomic E-state index is 4.50. The highest BCUT2D eigenvalue weighted by molar-refractivity contribution is 7.99. The second-order valence-electron chi connectivity index (χ2n) is 3.90. The molecule has 1 fully saturated rings. The van der Waals surface area contributed by atoms with Gasteiger partial charge in [0, 0.05) is 31.6 Å². The molecule has 0 saturated carbocycles. The van der Waals surface area contributed by atoms with E-state index in [1.165, 1.54) is 17.9 Å². The zero-order valence-electron chi connectivity index (χ0n) is 9.81. The third-order valence-corrected chi connectivity index (χ3v) is 3.94. The first-order chi connectivity index (χ1) is 7.81. The lowest BCUT2D eigenvalue weighted by molar-refractivity contribution is 0.691. The number of nitrogens with one attached hydrogen (secondary N) is 1. The highest BCUT2D eigenvalue weighted by Gasteiger charge is 2.21. The van der Waals surface area contributed by atoms with Gasteiger partial charge in [-0.3, -0.25) is 0 Å². The van der Waals surface area contributed by atoms with Gasteiger partial charge >= 0.3 is 0 Å². The highest BCUT2D eigenvalue weighted by atomic mass is 32.2. The van der Waals surface area contributed by atoms with Crippen molar-refractivity contribution in [1.82, 2.24) is 9.97 Å². The summed E-state index contributed by atoms with van der Waals surface area (Å²) in [4.78, 5) is 11.0. The summed E-state index contributed by atoms with van der Waals surface area (Å²) in [5.41, 5.74) is 0. The molecule has 1 aliphatic rings. The zero-order valence-corrected chi connectivity index (χ0v) is 10.6. The van der Waals surface area contributed by atoms with Crippen molar-refractivity contribution >= 4 is 23.5 Å². The van der Waals surface area contributed by atoms with Crippen LogP contribution in [0.3, 0.4) is 0 Å². The van der Waals surface area contributed by atoms with Crippen LogP contribution < -0.4 is 10.2 Å². The summed E-state index contributed by atoms with van der Waals surface area (Å²) >= 11 is 2.02. The number of hydrogen-bond acceptors (Lipinski definition) is 5. The fourth-order valence-electron chi connectivity index (χ4n) is 1.80. The molecular formula is C11H18N4S. The average molecular weight is 238 g/mol. The number of rotatable bonds is 4. The van der Waals surface area contributed by atoms with E-state index < -0.39 is 0 Å². The van der Waals surface area contributed by atoms with Gasteiger partial charge in [0.15, 0.2) is 0 Å². The fourth-order valence-corrected chi connectivity index (χ4v) is 3.07. The van der Waals surface area contributed by atoms with Crippen molar-refractivity contribution in [1.29, 1.82) is 0 Å². The number of thioether (sulfide) groups is 1. The van der Waals surface area contributed by atoms with Crippen molar-refractivity contribution in [3.05, 3.63) is 12.3 Å². The molecule has 2 rings (SSSR count). The molecule has 16 heavy (non-hydrogen) atoms. The first-order valence-corrected chi connectivity index (χ1v) is 6.84. The molecule has 1 unspecified atom stereocenters. The average Bonchev–Trinajstić information content (AvgIpc) is 2.82. The molecule has 0 aliphatic carbocycles. The van der Waals surface area contributed by atoms with E-state index in [0.29, 0.717) is 6.04 Å². The summed E-state index contributed by atoms with van der Waals surface area (Å²) in [6, 6.07) is 2.60. The molecule has 1 atom stereocenters. The number of anilines is 2. The molecule has 88 valence electrons. The Labute approximate surface area is 101 Å². The third kappa shape index (κ3) is 2.58. The monoisotopic (exact) mass is 238 g/mol. The van der Waals surface area contributed by atoms with Crippen molar-refractivity contribution in [2.24, 2.45) is 0 Å². The van der Waals surface area contributed by atoms with E-state index in [1.807, 2.05) is 30.9 Å². The molecule has 1 aromatic heterocycles. The minimum Gasteiger partial charge on any atom is -0.356 e. The molecule has 1 N–H and O–H groups in total. The van der Waals surface area contributed by atoms with Crippen LogP contribution in [0.15, 0.2) is 12.3 Å². The topological polar surface area (TPSA) is 41.1 Å². The molecule has 0 aromatic carbocycles. The van der Waals surface area contributed by atoms with Crippen molar-refractivity contribution in [2.45, 2.75) is 19.4 Å². The quantitative estimate of drug-likeness (QED) is 0.867. The standard InChI is InChI=1S/C11H18N4S/c1-3-12-11-13-6-4-10(14-11)15(2)9-5-7-16-8-9/h4,6,9H,3,5,7-8H2,1-2H3,(H,12,13,14). The molecule has 0 radical (unpaired) electrons. The largest absolute Gasteiger partial charge is 0.356 e. The molecule has 4 nitrogen and oxygen atoms in total. The normalized spacial score (nSPS) is 19.8. The van der Waals surface area contributed by atoms with Gasteiger partial charge in [0.05, 0.1) is 0 Å². The second-order valence-corrected chi connectivity index (χ2v) is 5.05. The summed E-state index contributed by atoms with van der Waals surface area (Å²) in [5.74, 6) is 4.20. The van der Waals surface area contributed by atoms with Crippen molar-refractivity contribution in [2.75, 3.05) is 35.3 Å². The fraction of sp³-hybridized carbons (Fsp3) is 0.636. The first-order valence-electron chi connectivity index (χ1n) is 5.68. The second kappa shape index (κ2) is 5.39. The van der Waals surface area contributed by atoms with Crippen molar-refractivity contribution in [3.8, 4) is 0 Å². The van der Waals surface area contributed by atoms with Crippen LogP contribution in [0.2, 0.25) is 0 Å².